The van der Waals surface area contributed by atoms with Crippen molar-refractivity contribution < 1.29 is 4.74 Å². The molecule has 1 aliphatic heterocycles. The highest BCUT2D eigenvalue weighted by Gasteiger charge is 2.18. The molecule has 1 aromatic rings. The zero-order chi connectivity index (χ0) is 9.10. The molecule has 1 heterocycles. The second-order valence-corrected chi connectivity index (χ2v) is 2.99. The molecule has 13 heavy (non-hydrogen) atoms. The number of hydrogen-bond acceptors (Lipinski definition) is 3. The molecule has 0 aromatic heterocycles. The summed E-state index contributed by atoms with van der Waals surface area (Å²) in [5, 5.41) is 0. The van der Waals surface area contributed by atoms with Crippen molar-refractivity contribution in [1.29, 1.82) is 0 Å². The Morgan fingerprint density at radius 1 is 1.38 bits per heavy atom. The molecule has 0 saturated carbocycles. The molecule has 3 heteroatoms. The van der Waals surface area contributed by atoms with Crippen LogP contribution in [0.1, 0.15) is 5.56 Å². The first kappa shape index (κ1) is 8.26. The minimum absolute atomic E-state index is 0.0650. The van der Waals surface area contributed by atoms with E-state index in [1.54, 1.807) is 0 Å². The minimum atomic E-state index is 0.0650. The van der Waals surface area contributed by atoms with Crippen LogP contribution in [0.4, 0.5) is 0 Å². The Morgan fingerprint density at radius 3 is 2.77 bits per heavy atom. The van der Waals surface area contributed by atoms with Crippen LogP contribution < -0.4 is 5.73 Å². The summed E-state index contributed by atoms with van der Waals surface area (Å²) in [6.45, 7) is 1.21. The predicted octanol–water partition coefficient (Wildman–Crippen LogP) is 0.791. The van der Waals surface area contributed by atoms with Gasteiger partial charge in [-0.3, -0.25) is 0 Å². The van der Waals surface area contributed by atoms with E-state index in [2.05, 4.69) is 4.99 Å². The Bertz CT molecular complexity index is 308. The molecular formula is C10H12N2O. The number of benzene rings is 1. The van der Waals surface area contributed by atoms with Crippen molar-refractivity contribution in [2.45, 2.75) is 6.10 Å². The van der Waals surface area contributed by atoms with E-state index in [1.807, 2.05) is 30.3 Å². The summed E-state index contributed by atoms with van der Waals surface area (Å²) in [6, 6.07) is 9.88. The zero-order valence-corrected chi connectivity index (χ0v) is 7.31. The van der Waals surface area contributed by atoms with Crippen LogP contribution in [0.3, 0.4) is 0 Å². The lowest BCUT2D eigenvalue weighted by atomic mass is 10.2. The molecule has 1 unspecified atom stereocenters. The molecule has 0 radical (unpaired) electrons. The quantitative estimate of drug-likeness (QED) is 0.724. The third kappa shape index (κ3) is 1.70. The van der Waals surface area contributed by atoms with Gasteiger partial charge in [-0.25, -0.2) is 4.99 Å². The Kier molecular flexibility index (Phi) is 2.27. The lowest BCUT2D eigenvalue weighted by molar-refractivity contribution is 0.233. The van der Waals surface area contributed by atoms with Gasteiger partial charge in [-0.1, -0.05) is 18.2 Å². The lowest BCUT2D eigenvalue weighted by Gasteiger charge is -2.07. The first-order valence-corrected chi connectivity index (χ1v) is 4.37. The summed E-state index contributed by atoms with van der Waals surface area (Å²) < 4.78 is 5.52. The SMILES string of the molecule is NCC1CN=C(c2ccccc2)O1. The molecule has 0 aliphatic carbocycles. The van der Waals surface area contributed by atoms with Crippen molar-refractivity contribution >= 4 is 5.90 Å². The van der Waals surface area contributed by atoms with Crippen molar-refractivity contribution in [3.8, 4) is 0 Å². The van der Waals surface area contributed by atoms with Crippen molar-refractivity contribution in [1.82, 2.24) is 0 Å². The molecule has 0 saturated heterocycles. The van der Waals surface area contributed by atoms with E-state index < -0.39 is 0 Å². The van der Waals surface area contributed by atoms with Crippen LogP contribution in [0.15, 0.2) is 35.3 Å². The van der Waals surface area contributed by atoms with Gasteiger partial charge in [0.2, 0.25) is 5.90 Å². The van der Waals surface area contributed by atoms with Gasteiger partial charge >= 0.3 is 0 Å². The Balaban J connectivity index is 2.12. The monoisotopic (exact) mass is 176 g/mol. The van der Waals surface area contributed by atoms with Gasteiger partial charge in [0.05, 0.1) is 6.54 Å². The fourth-order valence-electron chi connectivity index (χ4n) is 1.28. The molecule has 1 aliphatic rings. The third-order valence-corrected chi connectivity index (χ3v) is 2.00. The highest BCUT2D eigenvalue weighted by Crippen LogP contribution is 2.10. The maximum Gasteiger partial charge on any atom is 0.216 e. The van der Waals surface area contributed by atoms with Gasteiger partial charge in [0.15, 0.2) is 0 Å². The van der Waals surface area contributed by atoms with Crippen LogP contribution in [0.5, 0.6) is 0 Å². The predicted molar refractivity (Wildman–Crippen MR) is 51.8 cm³/mol. The first-order chi connectivity index (χ1) is 6.40. The van der Waals surface area contributed by atoms with Crippen LogP contribution in [0.2, 0.25) is 0 Å². The van der Waals surface area contributed by atoms with Crippen LogP contribution in [-0.2, 0) is 4.74 Å². The molecule has 3 nitrogen and oxygen atoms in total. The Hall–Kier alpha value is -1.35. The Morgan fingerprint density at radius 2 is 2.15 bits per heavy atom. The summed E-state index contributed by atoms with van der Waals surface area (Å²) in [7, 11) is 0. The van der Waals surface area contributed by atoms with Gasteiger partial charge in [0.25, 0.3) is 0 Å². The number of hydrogen-bond donors (Lipinski definition) is 1. The summed E-state index contributed by atoms with van der Waals surface area (Å²) in [5.41, 5.74) is 6.50. The van der Waals surface area contributed by atoms with Gasteiger partial charge < -0.3 is 10.5 Å². The van der Waals surface area contributed by atoms with E-state index in [0.717, 1.165) is 11.5 Å². The summed E-state index contributed by atoms with van der Waals surface area (Å²) in [4.78, 5) is 4.27. The van der Waals surface area contributed by atoms with E-state index in [0.29, 0.717) is 13.1 Å². The maximum atomic E-state index is 5.52. The number of nitrogens with zero attached hydrogens (tertiary/aromatic N) is 1. The molecule has 2 N–H and O–H groups in total. The molecule has 0 fully saturated rings. The lowest BCUT2D eigenvalue weighted by Crippen LogP contribution is -2.23. The van der Waals surface area contributed by atoms with E-state index in [-0.39, 0.29) is 6.10 Å². The number of rotatable bonds is 2. The second kappa shape index (κ2) is 3.58. The molecule has 0 bridgehead atoms. The average Bonchev–Trinajstić information content (AvgIpc) is 2.67. The van der Waals surface area contributed by atoms with Crippen LogP contribution in [-0.4, -0.2) is 25.1 Å². The smallest absolute Gasteiger partial charge is 0.216 e. The van der Waals surface area contributed by atoms with E-state index in [4.69, 9.17) is 10.5 Å². The first-order valence-electron chi connectivity index (χ1n) is 4.37. The van der Waals surface area contributed by atoms with Gasteiger partial charge in [0.1, 0.15) is 6.10 Å². The summed E-state index contributed by atoms with van der Waals surface area (Å²) in [6.07, 6.45) is 0.0650. The summed E-state index contributed by atoms with van der Waals surface area (Å²) in [5.74, 6) is 0.719. The molecule has 1 aromatic carbocycles. The van der Waals surface area contributed by atoms with Gasteiger partial charge in [-0.15, -0.1) is 0 Å². The molecule has 1 atom stereocenters. The van der Waals surface area contributed by atoms with E-state index in [9.17, 15) is 0 Å². The van der Waals surface area contributed by atoms with Crippen molar-refractivity contribution in [2.24, 2.45) is 10.7 Å². The van der Waals surface area contributed by atoms with Crippen molar-refractivity contribution in [3.63, 3.8) is 0 Å². The zero-order valence-electron chi connectivity index (χ0n) is 7.31. The van der Waals surface area contributed by atoms with E-state index >= 15 is 0 Å². The molecule has 68 valence electrons. The fraction of sp³-hybridized carbons (Fsp3) is 0.300. The number of aliphatic imine (C=N–C) groups is 1. The average molecular weight is 176 g/mol. The van der Waals surface area contributed by atoms with E-state index in [1.165, 1.54) is 0 Å². The molecular weight excluding hydrogens is 164 g/mol. The van der Waals surface area contributed by atoms with Gasteiger partial charge in [-0.2, -0.15) is 0 Å². The fourth-order valence-corrected chi connectivity index (χ4v) is 1.28. The second-order valence-electron chi connectivity index (χ2n) is 2.99. The van der Waals surface area contributed by atoms with Crippen molar-refractivity contribution in [2.75, 3.05) is 13.1 Å². The largest absolute Gasteiger partial charge is 0.471 e. The molecule has 0 amide bonds. The van der Waals surface area contributed by atoms with Gasteiger partial charge in [0, 0.05) is 12.1 Å². The number of ether oxygens (including phenoxy) is 1. The van der Waals surface area contributed by atoms with Gasteiger partial charge in [-0.05, 0) is 12.1 Å². The van der Waals surface area contributed by atoms with Crippen LogP contribution in [0.25, 0.3) is 0 Å². The third-order valence-electron chi connectivity index (χ3n) is 2.00. The van der Waals surface area contributed by atoms with Crippen LogP contribution >= 0.6 is 0 Å². The highest BCUT2D eigenvalue weighted by molar-refractivity contribution is 5.95. The minimum Gasteiger partial charge on any atom is -0.471 e. The van der Waals surface area contributed by atoms with Crippen molar-refractivity contribution in [3.05, 3.63) is 35.9 Å². The molecule has 2 rings (SSSR count). The highest BCUT2D eigenvalue weighted by atomic mass is 16.5. The standard InChI is InChI=1S/C10H12N2O/c11-6-9-7-12-10(13-9)8-4-2-1-3-5-8/h1-5,9H,6-7,11H2. The Labute approximate surface area is 77.2 Å². The topological polar surface area (TPSA) is 47.6 Å². The molecule has 0 spiro atoms. The normalized spacial score (nSPS) is 21.0. The maximum absolute atomic E-state index is 5.52. The van der Waals surface area contributed by atoms with Crippen LogP contribution in [0, 0.1) is 0 Å². The summed E-state index contributed by atoms with van der Waals surface area (Å²) >= 11 is 0. The number of nitrogens with two attached hydrogens (primary N) is 1.